The molecule has 1 aromatic rings. The summed E-state index contributed by atoms with van der Waals surface area (Å²) in [5.41, 5.74) is 2.84. The third-order valence-electron chi connectivity index (χ3n) is 3.69. The van der Waals surface area contributed by atoms with E-state index in [0.717, 1.165) is 11.6 Å². The number of hydrogen-bond donors (Lipinski definition) is 1. The van der Waals surface area contributed by atoms with Gasteiger partial charge in [-0.15, -0.1) is 0 Å². The van der Waals surface area contributed by atoms with E-state index >= 15 is 0 Å². The SMILES string of the molecule is O=C(O)/C=C/c1ccc(N2CC3(CC3)C2)cc1. The Morgan fingerprint density at radius 1 is 1.24 bits per heavy atom. The van der Waals surface area contributed by atoms with Gasteiger partial charge in [-0.05, 0) is 36.6 Å². The first kappa shape index (κ1) is 10.4. The molecule has 3 nitrogen and oxygen atoms in total. The zero-order valence-corrected chi connectivity index (χ0v) is 9.60. The van der Waals surface area contributed by atoms with Gasteiger partial charge in [0, 0.05) is 30.3 Å². The number of anilines is 1. The zero-order chi connectivity index (χ0) is 11.9. The third-order valence-corrected chi connectivity index (χ3v) is 3.69. The molecule has 2 fully saturated rings. The van der Waals surface area contributed by atoms with Gasteiger partial charge in [-0.3, -0.25) is 0 Å². The Morgan fingerprint density at radius 2 is 1.88 bits per heavy atom. The summed E-state index contributed by atoms with van der Waals surface area (Å²) >= 11 is 0. The van der Waals surface area contributed by atoms with Crippen molar-refractivity contribution in [3.05, 3.63) is 35.9 Å². The van der Waals surface area contributed by atoms with Crippen LogP contribution in [0.5, 0.6) is 0 Å². The molecule has 1 spiro atoms. The van der Waals surface area contributed by atoms with Crippen LogP contribution in [0.3, 0.4) is 0 Å². The normalized spacial score (nSPS) is 20.6. The number of carboxylic acids is 1. The summed E-state index contributed by atoms with van der Waals surface area (Å²) in [6.45, 7) is 2.38. The molecule has 0 radical (unpaired) electrons. The standard InChI is InChI=1S/C14H15NO2/c16-13(17)6-3-11-1-4-12(5-2-11)15-9-14(10-15)7-8-14/h1-6H,7-10H2,(H,16,17)/b6-3+. The molecule has 3 rings (SSSR count). The summed E-state index contributed by atoms with van der Waals surface area (Å²) in [5, 5.41) is 8.53. The van der Waals surface area contributed by atoms with Crippen LogP contribution in [0.2, 0.25) is 0 Å². The molecule has 0 bridgehead atoms. The van der Waals surface area contributed by atoms with Crippen molar-refractivity contribution in [2.24, 2.45) is 5.41 Å². The van der Waals surface area contributed by atoms with Crippen LogP contribution < -0.4 is 4.90 Å². The van der Waals surface area contributed by atoms with Gasteiger partial charge in [-0.25, -0.2) is 4.79 Å². The van der Waals surface area contributed by atoms with E-state index in [4.69, 9.17) is 5.11 Å². The van der Waals surface area contributed by atoms with Crippen LogP contribution in [0.25, 0.3) is 6.08 Å². The van der Waals surface area contributed by atoms with Crippen molar-refractivity contribution in [3.63, 3.8) is 0 Å². The molecule has 88 valence electrons. The van der Waals surface area contributed by atoms with Gasteiger partial charge in [0.05, 0.1) is 0 Å². The Kier molecular flexibility index (Phi) is 2.21. The second kappa shape index (κ2) is 3.62. The van der Waals surface area contributed by atoms with Gasteiger partial charge in [0.2, 0.25) is 0 Å². The molecule has 1 heterocycles. The molecular weight excluding hydrogens is 214 g/mol. The molecule has 2 aliphatic rings. The fourth-order valence-corrected chi connectivity index (χ4v) is 2.40. The summed E-state index contributed by atoms with van der Waals surface area (Å²) in [6, 6.07) is 8.06. The number of rotatable bonds is 3. The van der Waals surface area contributed by atoms with Gasteiger partial charge in [-0.2, -0.15) is 0 Å². The van der Waals surface area contributed by atoms with Crippen LogP contribution in [-0.4, -0.2) is 24.2 Å². The minimum absolute atomic E-state index is 0.669. The van der Waals surface area contributed by atoms with E-state index in [2.05, 4.69) is 17.0 Å². The lowest BCUT2D eigenvalue weighted by molar-refractivity contribution is -0.131. The van der Waals surface area contributed by atoms with Crippen molar-refractivity contribution in [2.75, 3.05) is 18.0 Å². The highest BCUT2D eigenvalue weighted by Gasteiger charge is 2.52. The maximum Gasteiger partial charge on any atom is 0.328 e. The quantitative estimate of drug-likeness (QED) is 0.809. The van der Waals surface area contributed by atoms with Crippen LogP contribution in [0, 0.1) is 5.41 Å². The summed E-state index contributed by atoms with van der Waals surface area (Å²) in [7, 11) is 0. The molecule has 0 amide bonds. The summed E-state index contributed by atoms with van der Waals surface area (Å²) in [4.78, 5) is 12.8. The van der Waals surface area contributed by atoms with E-state index in [-0.39, 0.29) is 0 Å². The van der Waals surface area contributed by atoms with E-state index in [0.29, 0.717) is 5.41 Å². The fraction of sp³-hybridized carbons (Fsp3) is 0.357. The summed E-state index contributed by atoms with van der Waals surface area (Å²) in [6.07, 6.45) is 5.56. The molecule has 0 aromatic heterocycles. The first-order valence-corrected chi connectivity index (χ1v) is 5.93. The Hall–Kier alpha value is -1.77. The first-order valence-electron chi connectivity index (χ1n) is 5.93. The molecule has 3 heteroatoms. The monoisotopic (exact) mass is 229 g/mol. The highest BCUT2D eigenvalue weighted by atomic mass is 16.4. The number of aliphatic carboxylic acids is 1. The molecule has 17 heavy (non-hydrogen) atoms. The number of carboxylic acid groups (broad SMARTS) is 1. The average molecular weight is 229 g/mol. The maximum absolute atomic E-state index is 10.4. The maximum atomic E-state index is 10.4. The Labute approximate surface area is 100 Å². The summed E-state index contributed by atoms with van der Waals surface area (Å²) in [5.74, 6) is -0.910. The number of hydrogen-bond acceptors (Lipinski definition) is 2. The van der Waals surface area contributed by atoms with Gasteiger partial charge in [0.25, 0.3) is 0 Å². The smallest absolute Gasteiger partial charge is 0.328 e. The third kappa shape index (κ3) is 2.05. The van der Waals surface area contributed by atoms with Crippen LogP contribution in [-0.2, 0) is 4.79 Å². The minimum atomic E-state index is -0.910. The highest BCUT2D eigenvalue weighted by Crippen LogP contribution is 2.53. The molecule has 0 atom stereocenters. The Balaban J connectivity index is 1.66. The van der Waals surface area contributed by atoms with Gasteiger partial charge >= 0.3 is 5.97 Å². The van der Waals surface area contributed by atoms with Crippen LogP contribution in [0.1, 0.15) is 18.4 Å². The van der Waals surface area contributed by atoms with Crippen molar-refractivity contribution in [1.29, 1.82) is 0 Å². The van der Waals surface area contributed by atoms with Crippen molar-refractivity contribution in [1.82, 2.24) is 0 Å². The van der Waals surface area contributed by atoms with Crippen LogP contribution in [0.4, 0.5) is 5.69 Å². The van der Waals surface area contributed by atoms with Gasteiger partial charge in [0.15, 0.2) is 0 Å². The second-order valence-corrected chi connectivity index (χ2v) is 5.12. The van der Waals surface area contributed by atoms with Crippen molar-refractivity contribution < 1.29 is 9.90 Å². The largest absolute Gasteiger partial charge is 0.478 e. The van der Waals surface area contributed by atoms with Gasteiger partial charge in [0.1, 0.15) is 0 Å². The molecule has 1 saturated carbocycles. The number of benzene rings is 1. The minimum Gasteiger partial charge on any atom is -0.478 e. The van der Waals surface area contributed by atoms with E-state index in [1.54, 1.807) is 6.08 Å². The van der Waals surface area contributed by atoms with Crippen molar-refractivity contribution >= 4 is 17.7 Å². The van der Waals surface area contributed by atoms with E-state index in [1.165, 1.54) is 31.6 Å². The fourth-order valence-electron chi connectivity index (χ4n) is 2.40. The lowest BCUT2D eigenvalue weighted by atomic mass is 9.96. The number of nitrogens with zero attached hydrogens (tertiary/aromatic N) is 1. The molecular formula is C14H15NO2. The average Bonchev–Trinajstić information content (AvgIpc) is 3.05. The second-order valence-electron chi connectivity index (χ2n) is 5.12. The molecule has 1 N–H and O–H groups in total. The molecule has 1 saturated heterocycles. The summed E-state index contributed by atoms with van der Waals surface area (Å²) < 4.78 is 0. The van der Waals surface area contributed by atoms with Crippen LogP contribution >= 0.6 is 0 Å². The van der Waals surface area contributed by atoms with E-state index in [1.807, 2.05) is 12.1 Å². The molecule has 1 aromatic carbocycles. The highest BCUT2D eigenvalue weighted by molar-refractivity contribution is 5.85. The predicted octanol–water partition coefficient (Wildman–Crippen LogP) is 2.38. The first-order chi connectivity index (χ1) is 8.17. The lowest BCUT2D eigenvalue weighted by Crippen LogP contribution is -2.48. The van der Waals surface area contributed by atoms with Gasteiger partial charge < -0.3 is 10.0 Å². The van der Waals surface area contributed by atoms with Gasteiger partial charge in [-0.1, -0.05) is 12.1 Å². The Bertz CT molecular complexity index is 464. The lowest BCUT2D eigenvalue weighted by Gasteiger charge is -2.41. The number of carbonyl (C=O) groups is 1. The predicted molar refractivity (Wildman–Crippen MR) is 67.0 cm³/mol. The van der Waals surface area contributed by atoms with E-state index in [9.17, 15) is 4.79 Å². The van der Waals surface area contributed by atoms with Crippen molar-refractivity contribution in [3.8, 4) is 0 Å². The topological polar surface area (TPSA) is 40.5 Å². The zero-order valence-electron chi connectivity index (χ0n) is 9.60. The van der Waals surface area contributed by atoms with E-state index < -0.39 is 5.97 Å². The van der Waals surface area contributed by atoms with Crippen LogP contribution in [0.15, 0.2) is 30.3 Å². The molecule has 1 aliphatic heterocycles. The molecule has 0 unspecified atom stereocenters. The Morgan fingerprint density at radius 3 is 2.41 bits per heavy atom. The van der Waals surface area contributed by atoms with Crippen molar-refractivity contribution in [2.45, 2.75) is 12.8 Å². The molecule has 1 aliphatic carbocycles.